The maximum atomic E-state index is 10.8. The van der Waals surface area contributed by atoms with Gasteiger partial charge in [-0.05, 0) is 81.9 Å². The lowest BCUT2D eigenvalue weighted by molar-refractivity contribution is -0.139. The van der Waals surface area contributed by atoms with E-state index in [1.54, 1.807) is 19.2 Å². The lowest BCUT2D eigenvalue weighted by atomic mass is 9.96. The largest absolute Gasteiger partial charge is 0.497 e. The molecular formula is C34H30O5. The zero-order chi connectivity index (χ0) is 27.2. The number of allylic oxidation sites excluding steroid dienone is 4. The Morgan fingerprint density at radius 2 is 1.67 bits per heavy atom. The van der Waals surface area contributed by atoms with Gasteiger partial charge in [0.05, 0.1) is 7.11 Å². The molecule has 0 radical (unpaired) electrons. The van der Waals surface area contributed by atoms with Crippen molar-refractivity contribution in [3.63, 3.8) is 0 Å². The van der Waals surface area contributed by atoms with Gasteiger partial charge in [-0.3, -0.25) is 0 Å². The summed E-state index contributed by atoms with van der Waals surface area (Å²) in [5, 5.41) is 11.3. The summed E-state index contributed by atoms with van der Waals surface area (Å²) in [4.78, 5) is 10.8. The van der Waals surface area contributed by atoms with Gasteiger partial charge in [0, 0.05) is 5.92 Å². The smallest absolute Gasteiger partial charge is 0.341 e. The number of benzene rings is 4. The summed E-state index contributed by atoms with van der Waals surface area (Å²) in [7, 11) is 1.67. The Bertz CT molecular complexity index is 1570. The van der Waals surface area contributed by atoms with Crippen molar-refractivity contribution < 1.29 is 24.1 Å². The minimum Gasteiger partial charge on any atom is -0.497 e. The quantitative estimate of drug-likeness (QED) is 0.251. The minimum atomic E-state index is -1.01. The van der Waals surface area contributed by atoms with E-state index in [-0.39, 0.29) is 12.5 Å². The predicted octanol–water partition coefficient (Wildman–Crippen LogP) is 7.36. The van der Waals surface area contributed by atoms with Crippen LogP contribution in [0.4, 0.5) is 0 Å². The maximum Gasteiger partial charge on any atom is 0.341 e. The van der Waals surface area contributed by atoms with Crippen molar-refractivity contribution in [2.75, 3.05) is 20.3 Å². The second-order valence-electron chi connectivity index (χ2n) is 9.42. The number of ether oxygens (including phenoxy) is 3. The first kappa shape index (κ1) is 25.9. The number of fused-ring (bicyclic) bond motifs is 1. The molecular weight excluding hydrogens is 488 g/mol. The van der Waals surface area contributed by atoms with Crippen LogP contribution in [0.1, 0.15) is 22.6 Å². The maximum absolute atomic E-state index is 10.8. The highest BCUT2D eigenvalue weighted by molar-refractivity contribution is 5.96. The number of carboxylic acid groups (broad SMARTS) is 1. The van der Waals surface area contributed by atoms with Gasteiger partial charge in [-0.25, -0.2) is 4.79 Å². The average molecular weight is 519 g/mol. The monoisotopic (exact) mass is 518 g/mol. The molecule has 1 unspecified atom stereocenters. The van der Waals surface area contributed by atoms with Crippen LogP contribution in [-0.2, 0) is 4.79 Å². The molecule has 5 rings (SSSR count). The second-order valence-corrected chi connectivity index (χ2v) is 9.42. The van der Waals surface area contributed by atoms with Crippen molar-refractivity contribution in [3.8, 4) is 17.2 Å². The Kier molecular flexibility index (Phi) is 7.78. The van der Waals surface area contributed by atoms with Gasteiger partial charge in [0.15, 0.2) is 6.61 Å². The normalized spacial score (nSPS) is 14.8. The molecule has 0 amide bonds. The molecule has 1 aliphatic rings. The summed E-state index contributed by atoms with van der Waals surface area (Å²) < 4.78 is 16.9. The molecule has 0 saturated heterocycles. The number of hydrogen-bond donors (Lipinski definition) is 1. The van der Waals surface area contributed by atoms with E-state index >= 15 is 0 Å². The molecule has 4 aromatic rings. The van der Waals surface area contributed by atoms with E-state index < -0.39 is 5.97 Å². The van der Waals surface area contributed by atoms with E-state index in [1.165, 1.54) is 16.3 Å². The highest BCUT2D eigenvalue weighted by Crippen LogP contribution is 2.33. The molecule has 0 aliphatic heterocycles. The number of rotatable bonds is 9. The van der Waals surface area contributed by atoms with Crippen LogP contribution in [-0.4, -0.2) is 31.4 Å². The fourth-order valence-corrected chi connectivity index (χ4v) is 4.74. The van der Waals surface area contributed by atoms with E-state index in [2.05, 4.69) is 78.9 Å². The SMILES string of the molecule is COc1ccc(C2C=CC(c3cccc4ccccc34)=CC(COc3ccc(OCC(=O)O)c(C)c3)=C2)cc1. The molecule has 0 fully saturated rings. The van der Waals surface area contributed by atoms with Gasteiger partial charge in [0.25, 0.3) is 0 Å². The molecule has 0 bridgehead atoms. The van der Waals surface area contributed by atoms with Crippen molar-refractivity contribution in [1.29, 1.82) is 0 Å². The van der Waals surface area contributed by atoms with E-state index in [1.807, 2.05) is 25.1 Å². The zero-order valence-electron chi connectivity index (χ0n) is 22.0. The lowest BCUT2D eigenvalue weighted by Gasteiger charge is -2.13. The van der Waals surface area contributed by atoms with E-state index in [9.17, 15) is 4.79 Å². The molecule has 1 N–H and O–H groups in total. The third-order valence-corrected chi connectivity index (χ3v) is 6.72. The predicted molar refractivity (Wildman–Crippen MR) is 155 cm³/mol. The van der Waals surface area contributed by atoms with Crippen molar-refractivity contribution in [1.82, 2.24) is 0 Å². The Morgan fingerprint density at radius 1 is 0.897 bits per heavy atom. The summed E-state index contributed by atoms with van der Waals surface area (Å²) in [6.07, 6.45) is 8.84. The molecule has 1 aliphatic carbocycles. The summed E-state index contributed by atoms with van der Waals surface area (Å²) in [6, 6.07) is 28.3. The highest BCUT2D eigenvalue weighted by atomic mass is 16.5. The van der Waals surface area contributed by atoms with Gasteiger partial charge in [0.1, 0.15) is 23.9 Å². The summed E-state index contributed by atoms with van der Waals surface area (Å²) in [6.45, 7) is 1.86. The van der Waals surface area contributed by atoms with Crippen LogP contribution in [0.5, 0.6) is 17.2 Å². The van der Waals surface area contributed by atoms with Gasteiger partial charge in [-0.2, -0.15) is 0 Å². The number of methoxy groups -OCH3 is 1. The number of hydrogen-bond acceptors (Lipinski definition) is 4. The molecule has 196 valence electrons. The molecule has 39 heavy (non-hydrogen) atoms. The first-order chi connectivity index (χ1) is 19.0. The van der Waals surface area contributed by atoms with E-state index in [0.29, 0.717) is 18.1 Å². The molecule has 1 atom stereocenters. The fraction of sp³-hybridized carbons (Fsp3) is 0.147. The molecule has 0 saturated carbocycles. The molecule has 0 aromatic heterocycles. The van der Waals surface area contributed by atoms with Gasteiger partial charge in [-0.1, -0.05) is 72.8 Å². The number of carboxylic acids is 1. The van der Waals surface area contributed by atoms with Gasteiger partial charge in [0.2, 0.25) is 0 Å². The van der Waals surface area contributed by atoms with Crippen LogP contribution in [0.2, 0.25) is 0 Å². The van der Waals surface area contributed by atoms with E-state index in [4.69, 9.17) is 19.3 Å². The molecule has 5 nitrogen and oxygen atoms in total. The fourth-order valence-electron chi connectivity index (χ4n) is 4.74. The zero-order valence-corrected chi connectivity index (χ0v) is 22.0. The third-order valence-electron chi connectivity index (χ3n) is 6.72. The first-order valence-corrected chi connectivity index (χ1v) is 12.8. The molecule has 5 heteroatoms. The first-order valence-electron chi connectivity index (χ1n) is 12.8. The van der Waals surface area contributed by atoms with Crippen LogP contribution in [0.15, 0.2) is 115 Å². The average Bonchev–Trinajstić information content (AvgIpc) is 3.18. The Balaban J connectivity index is 1.46. The van der Waals surface area contributed by atoms with Crippen LogP contribution in [0.25, 0.3) is 16.3 Å². The molecule has 0 heterocycles. The van der Waals surface area contributed by atoms with E-state index in [0.717, 1.165) is 28.0 Å². The van der Waals surface area contributed by atoms with Gasteiger partial charge < -0.3 is 19.3 Å². The lowest BCUT2D eigenvalue weighted by Crippen LogP contribution is -2.10. The molecule has 4 aromatic carbocycles. The third kappa shape index (κ3) is 6.21. The topological polar surface area (TPSA) is 65.0 Å². The van der Waals surface area contributed by atoms with Crippen molar-refractivity contribution in [2.45, 2.75) is 12.8 Å². The Hall–Kier alpha value is -4.77. The number of aliphatic carboxylic acids is 1. The van der Waals surface area contributed by atoms with Crippen LogP contribution >= 0.6 is 0 Å². The highest BCUT2D eigenvalue weighted by Gasteiger charge is 2.14. The van der Waals surface area contributed by atoms with Crippen LogP contribution < -0.4 is 14.2 Å². The summed E-state index contributed by atoms with van der Waals surface area (Å²) >= 11 is 0. The van der Waals surface area contributed by atoms with Gasteiger partial charge >= 0.3 is 5.97 Å². The van der Waals surface area contributed by atoms with Crippen molar-refractivity contribution >= 4 is 22.3 Å². The molecule has 0 spiro atoms. The summed E-state index contributed by atoms with van der Waals surface area (Å²) in [5.41, 5.74) is 5.31. The summed E-state index contributed by atoms with van der Waals surface area (Å²) in [5.74, 6) is 1.09. The minimum absolute atomic E-state index is 0.0618. The van der Waals surface area contributed by atoms with Crippen molar-refractivity contribution in [2.24, 2.45) is 0 Å². The van der Waals surface area contributed by atoms with Crippen LogP contribution in [0.3, 0.4) is 0 Å². The van der Waals surface area contributed by atoms with Gasteiger partial charge in [-0.15, -0.1) is 0 Å². The number of carbonyl (C=O) groups is 1. The standard InChI is InChI=1S/C34H30O5/c1-23-18-30(16-17-33(23)39-22-34(35)36)38-21-24-19-27(25-12-14-29(37-2)15-13-25)10-11-28(20-24)32-9-5-7-26-6-3-4-8-31(26)32/h3-20,27H,21-22H2,1-2H3,(H,35,36). The second kappa shape index (κ2) is 11.7. The number of aryl methyl sites for hydroxylation is 1. The van der Waals surface area contributed by atoms with Crippen LogP contribution in [0, 0.1) is 6.92 Å². The van der Waals surface area contributed by atoms with Crippen molar-refractivity contribution in [3.05, 3.63) is 131 Å². The Morgan fingerprint density at radius 3 is 2.44 bits per heavy atom. The Labute approximate surface area is 228 Å².